The summed E-state index contributed by atoms with van der Waals surface area (Å²) in [4.78, 5) is 14.7. The van der Waals surface area contributed by atoms with Crippen LogP contribution in [0.4, 0.5) is 11.6 Å². The van der Waals surface area contributed by atoms with E-state index in [-0.39, 0.29) is 18.0 Å². The number of anilines is 1. The van der Waals surface area contributed by atoms with Crippen molar-refractivity contribution in [1.29, 1.82) is 0 Å². The Morgan fingerprint density at radius 2 is 2.04 bits per heavy atom. The Hall–Kier alpha value is -2.77. The highest BCUT2D eigenvalue weighted by atomic mass is 16.7. The lowest BCUT2D eigenvalue weighted by Crippen LogP contribution is -2.37. The molecule has 1 saturated carbocycles. The van der Waals surface area contributed by atoms with Gasteiger partial charge in [-0.15, -0.1) is 0 Å². The molecule has 1 aliphatic carbocycles. The molecule has 4 rings (SSSR count). The predicted molar refractivity (Wildman–Crippen MR) is 95.7 cm³/mol. The van der Waals surface area contributed by atoms with E-state index in [9.17, 15) is 10.1 Å². The predicted octanol–water partition coefficient (Wildman–Crippen LogP) is 3.37. The molecule has 0 bridgehead atoms. The molecule has 2 aliphatic rings. The fourth-order valence-electron chi connectivity index (χ4n) is 4.03. The Kier molecular flexibility index (Phi) is 4.18. The Morgan fingerprint density at radius 3 is 2.81 bits per heavy atom. The summed E-state index contributed by atoms with van der Waals surface area (Å²) in [5.41, 5.74) is 1.11. The molecule has 138 valence electrons. The first kappa shape index (κ1) is 16.7. The van der Waals surface area contributed by atoms with Crippen molar-refractivity contribution in [2.75, 3.05) is 18.7 Å². The third-order valence-corrected chi connectivity index (χ3v) is 5.48. The smallest absolute Gasteiger partial charge is 0.406 e. The molecule has 0 amide bonds. The fourth-order valence-corrected chi connectivity index (χ4v) is 4.03. The van der Waals surface area contributed by atoms with Gasteiger partial charge >= 0.3 is 5.82 Å². The molecule has 1 aromatic heterocycles. The minimum Gasteiger partial charge on any atom is -0.454 e. The molecule has 1 aromatic carbocycles. The van der Waals surface area contributed by atoms with Crippen LogP contribution in [0, 0.1) is 10.1 Å². The number of nitrogens with one attached hydrogen (secondary N) is 1. The van der Waals surface area contributed by atoms with E-state index >= 15 is 0 Å². The Labute approximate surface area is 151 Å². The third-order valence-electron chi connectivity index (χ3n) is 5.48. The van der Waals surface area contributed by atoms with E-state index in [1.807, 2.05) is 6.07 Å². The van der Waals surface area contributed by atoms with Crippen LogP contribution in [0.2, 0.25) is 0 Å². The van der Waals surface area contributed by atoms with E-state index in [2.05, 4.69) is 22.4 Å². The van der Waals surface area contributed by atoms with Crippen LogP contribution in [-0.2, 0) is 12.5 Å². The van der Waals surface area contributed by atoms with Crippen LogP contribution in [-0.4, -0.2) is 27.8 Å². The summed E-state index contributed by atoms with van der Waals surface area (Å²) in [5, 5.41) is 14.5. The largest absolute Gasteiger partial charge is 0.454 e. The van der Waals surface area contributed by atoms with Crippen molar-refractivity contribution >= 4 is 11.6 Å². The molecule has 0 radical (unpaired) electrons. The number of aromatic nitrogens is 2. The first-order valence-corrected chi connectivity index (χ1v) is 8.89. The third kappa shape index (κ3) is 2.85. The summed E-state index contributed by atoms with van der Waals surface area (Å²) in [7, 11) is 1.76. The maximum absolute atomic E-state index is 11.2. The second-order valence-corrected chi connectivity index (χ2v) is 7.05. The second-order valence-electron chi connectivity index (χ2n) is 7.05. The summed E-state index contributed by atoms with van der Waals surface area (Å²) in [6.45, 7) is 0.873. The van der Waals surface area contributed by atoms with Crippen LogP contribution in [0.15, 0.2) is 24.5 Å². The average molecular weight is 358 g/mol. The SMILES string of the molecule is Cn1cnc([N+](=O)[O-])c1NCC1(c2ccc3c(c2)OCO3)CCCCC1. The van der Waals surface area contributed by atoms with Crippen LogP contribution < -0.4 is 14.8 Å². The highest BCUT2D eigenvalue weighted by Gasteiger charge is 2.36. The lowest BCUT2D eigenvalue weighted by atomic mass is 9.69. The molecule has 26 heavy (non-hydrogen) atoms. The van der Waals surface area contributed by atoms with Crippen molar-refractivity contribution in [1.82, 2.24) is 9.55 Å². The zero-order chi connectivity index (χ0) is 18.1. The van der Waals surface area contributed by atoms with E-state index in [0.29, 0.717) is 12.4 Å². The summed E-state index contributed by atoms with van der Waals surface area (Å²) in [5.74, 6) is 1.86. The van der Waals surface area contributed by atoms with Gasteiger partial charge < -0.3 is 24.9 Å². The van der Waals surface area contributed by atoms with E-state index in [1.165, 1.54) is 18.3 Å². The molecular formula is C18H22N4O4. The number of hydrogen-bond donors (Lipinski definition) is 1. The number of rotatable bonds is 5. The lowest BCUT2D eigenvalue weighted by molar-refractivity contribution is -0.388. The van der Waals surface area contributed by atoms with E-state index < -0.39 is 4.92 Å². The van der Waals surface area contributed by atoms with E-state index in [1.54, 1.807) is 11.6 Å². The Bertz CT molecular complexity index is 827. The van der Waals surface area contributed by atoms with Gasteiger partial charge in [0, 0.05) is 19.0 Å². The van der Waals surface area contributed by atoms with Crippen LogP contribution >= 0.6 is 0 Å². The number of nitro groups is 1. The molecule has 8 nitrogen and oxygen atoms in total. The molecule has 2 aromatic rings. The van der Waals surface area contributed by atoms with Gasteiger partial charge in [-0.05, 0) is 40.4 Å². The molecule has 0 atom stereocenters. The van der Waals surface area contributed by atoms with Gasteiger partial charge in [-0.25, -0.2) is 0 Å². The molecule has 0 unspecified atom stereocenters. The first-order valence-electron chi connectivity index (χ1n) is 8.89. The molecule has 1 fully saturated rings. The quantitative estimate of drug-likeness (QED) is 0.651. The van der Waals surface area contributed by atoms with Crippen molar-refractivity contribution in [3.8, 4) is 11.5 Å². The Balaban J connectivity index is 1.63. The molecule has 1 N–H and O–H groups in total. The van der Waals surface area contributed by atoms with Crippen molar-refractivity contribution in [3.05, 3.63) is 40.2 Å². The first-order chi connectivity index (χ1) is 12.6. The lowest BCUT2D eigenvalue weighted by Gasteiger charge is -2.38. The summed E-state index contributed by atoms with van der Waals surface area (Å²) < 4.78 is 12.6. The average Bonchev–Trinajstić information content (AvgIpc) is 3.26. The summed E-state index contributed by atoms with van der Waals surface area (Å²) in [6, 6.07) is 6.12. The Morgan fingerprint density at radius 1 is 1.27 bits per heavy atom. The zero-order valence-electron chi connectivity index (χ0n) is 14.7. The standard InChI is InChI=1S/C18H22N4O4/c1-21-11-20-17(22(23)24)16(21)19-10-18(7-3-2-4-8-18)13-5-6-14-15(9-13)26-12-25-14/h5-6,9,11,19H,2-4,7-8,10,12H2,1H3. The van der Waals surface area contributed by atoms with Crippen LogP contribution in [0.25, 0.3) is 0 Å². The molecular weight excluding hydrogens is 336 g/mol. The summed E-state index contributed by atoms with van der Waals surface area (Å²) >= 11 is 0. The van der Waals surface area contributed by atoms with Gasteiger partial charge in [0.05, 0.1) is 0 Å². The number of aryl methyl sites for hydroxylation is 1. The molecule has 8 heteroatoms. The summed E-state index contributed by atoms with van der Waals surface area (Å²) in [6.07, 6.45) is 7.04. The normalized spacial score (nSPS) is 17.9. The van der Waals surface area contributed by atoms with Crippen LogP contribution in [0.1, 0.15) is 37.7 Å². The number of fused-ring (bicyclic) bond motifs is 1. The van der Waals surface area contributed by atoms with Gasteiger partial charge in [0.1, 0.15) is 0 Å². The maximum atomic E-state index is 11.2. The van der Waals surface area contributed by atoms with Crippen molar-refractivity contribution < 1.29 is 14.4 Å². The number of nitrogens with zero attached hydrogens (tertiary/aromatic N) is 3. The van der Waals surface area contributed by atoms with Crippen molar-refractivity contribution in [2.45, 2.75) is 37.5 Å². The number of imidazole rings is 1. The van der Waals surface area contributed by atoms with Crippen LogP contribution in [0.3, 0.4) is 0 Å². The number of hydrogen-bond acceptors (Lipinski definition) is 6. The van der Waals surface area contributed by atoms with Gasteiger partial charge in [0.15, 0.2) is 11.5 Å². The molecule has 0 spiro atoms. The highest BCUT2D eigenvalue weighted by molar-refractivity contribution is 5.53. The van der Waals surface area contributed by atoms with Gasteiger partial charge in [0.2, 0.25) is 18.9 Å². The molecule has 0 saturated heterocycles. The topological polar surface area (TPSA) is 91.5 Å². The minimum atomic E-state index is -0.448. The minimum absolute atomic E-state index is 0.0859. The van der Waals surface area contributed by atoms with Gasteiger partial charge in [-0.1, -0.05) is 25.3 Å². The zero-order valence-corrected chi connectivity index (χ0v) is 14.7. The van der Waals surface area contributed by atoms with Crippen molar-refractivity contribution in [2.24, 2.45) is 7.05 Å². The molecule has 2 heterocycles. The van der Waals surface area contributed by atoms with Gasteiger partial charge in [-0.2, -0.15) is 0 Å². The highest BCUT2D eigenvalue weighted by Crippen LogP contribution is 2.43. The van der Waals surface area contributed by atoms with Gasteiger partial charge in [-0.3, -0.25) is 4.57 Å². The fraction of sp³-hybridized carbons (Fsp3) is 0.500. The van der Waals surface area contributed by atoms with E-state index in [4.69, 9.17) is 9.47 Å². The second kappa shape index (κ2) is 6.51. The molecule has 1 aliphatic heterocycles. The maximum Gasteiger partial charge on any atom is 0.406 e. The number of benzene rings is 1. The van der Waals surface area contributed by atoms with E-state index in [0.717, 1.165) is 37.2 Å². The van der Waals surface area contributed by atoms with Gasteiger partial charge in [0.25, 0.3) is 0 Å². The monoisotopic (exact) mass is 358 g/mol. The van der Waals surface area contributed by atoms with Crippen LogP contribution in [0.5, 0.6) is 11.5 Å². The number of ether oxygens (including phenoxy) is 2. The van der Waals surface area contributed by atoms with Crippen molar-refractivity contribution in [3.63, 3.8) is 0 Å².